The molecule has 0 aliphatic heterocycles. The van der Waals surface area contributed by atoms with Gasteiger partial charge in [-0.05, 0) is 60.7 Å². The maximum absolute atomic E-state index is 12.3. The lowest BCUT2D eigenvalue weighted by atomic mass is 10.1. The van der Waals surface area contributed by atoms with Gasteiger partial charge in [-0.1, -0.05) is 48.0 Å². The lowest BCUT2D eigenvalue weighted by Gasteiger charge is -2.12. The van der Waals surface area contributed by atoms with E-state index in [1.54, 1.807) is 12.3 Å². The average molecular weight is 395 g/mol. The summed E-state index contributed by atoms with van der Waals surface area (Å²) in [6, 6.07) is 19.4. The molecule has 0 spiro atoms. The third-order valence-corrected chi connectivity index (χ3v) is 4.71. The van der Waals surface area contributed by atoms with Gasteiger partial charge in [0.05, 0.1) is 0 Å². The van der Waals surface area contributed by atoms with Crippen molar-refractivity contribution in [3.8, 4) is 5.75 Å². The van der Waals surface area contributed by atoms with Crippen LogP contribution in [0.1, 0.15) is 29.5 Å². The Kier molecular flexibility index (Phi) is 7.04. The zero-order chi connectivity index (χ0) is 19.8. The van der Waals surface area contributed by atoms with Crippen LogP contribution in [-0.2, 0) is 17.8 Å². The number of carbonyl (C=O) groups excluding carboxylic acids is 1. The Bertz CT molecular complexity index is 926. The molecule has 4 nitrogen and oxygen atoms in total. The Hall–Kier alpha value is -2.85. The molecule has 0 atom stereocenters. The molecule has 0 unspecified atom stereocenters. The summed E-state index contributed by atoms with van der Waals surface area (Å²) in [6.07, 6.45) is 3.63. The summed E-state index contributed by atoms with van der Waals surface area (Å²) in [7, 11) is 0. The van der Waals surface area contributed by atoms with Crippen LogP contribution in [0.2, 0.25) is 5.02 Å². The Morgan fingerprint density at radius 2 is 1.86 bits per heavy atom. The third-order valence-electron chi connectivity index (χ3n) is 4.46. The van der Waals surface area contributed by atoms with Crippen LogP contribution in [0.4, 0.5) is 5.82 Å². The van der Waals surface area contributed by atoms with Crippen molar-refractivity contribution >= 4 is 23.3 Å². The van der Waals surface area contributed by atoms with Crippen LogP contribution >= 0.6 is 11.6 Å². The lowest BCUT2D eigenvalue weighted by Crippen LogP contribution is -2.14. The molecule has 1 amide bonds. The van der Waals surface area contributed by atoms with Gasteiger partial charge in [0.2, 0.25) is 5.91 Å². The van der Waals surface area contributed by atoms with Gasteiger partial charge in [0, 0.05) is 17.6 Å². The monoisotopic (exact) mass is 394 g/mol. The number of halogens is 1. The van der Waals surface area contributed by atoms with Crippen LogP contribution in [0, 0.1) is 6.92 Å². The third kappa shape index (κ3) is 5.83. The number of carbonyl (C=O) groups is 1. The molecule has 0 saturated carbocycles. The van der Waals surface area contributed by atoms with Gasteiger partial charge in [0.25, 0.3) is 0 Å². The van der Waals surface area contributed by atoms with Crippen molar-refractivity contribution < 1.29 is 9.53 Å². The Labute approximate surface area is 170 Å². The molecular formula is C23H23ClN2O2. The van der Waals surface area contributed by atoms with Crippen molar-refractivity contribution in [1.29, 1.82) is 0 Å². The SMILES string of the molecule is Cc1ccccc1COc1cccnc1NC(=O)CCCc1ccc(Cl)cc1. The number of hydrogen-bond acceptors (Lipinski definition) is 3. The summed E-state index contributed by atoms with van der Waals surface area (Å²) in [5.74, 6) is 0.942. The molecular weight excluding hydrogens is 372 g/mol. The molecule has 3 aromatic rings. The largest absolute Gasteiger partial charge is 0.485 e. The first-order chi connectivity index (χ1) is 13.6. The number of hydrogen-bond donors (Lipinski definition) is 1. The van der Waals surface area contributed by atoms with E-state index in [0.29, 0.717) is 24.6 Å². The number of pyridine rings is 1. The van der Waals surface area contributed by atoms with E-state index >= 15 is 0 Å². The molecule has 5 heteroatoms. The highest BCUT2D eigenvalue weighted by molar-refractivity contribution is 6.30. The van der Waals surface area contributed by atoms with Gasteiger partial charge in [-0.2, -0.15) is 0 Å². The number of aryl methyl sites for hydroxylation is 2. The first-order valence-corrected chi connectivity index (χ1v) is 9.66. The Balaban J connectivity index is 1.53. The van der Waals surface area contributed by atoms with Crippen LogP contribution < -0.4 is 10.1 Å². The molecule has 0 radical (unpaired) electrons. The first-order valence-electron chi connectivity index (χ1n) is 9.28. The van der Waals surface area contributed by atoms with E-state index < -0.39 is 0 Å². The van der Waals surface area contributed by atoms with E-state index in [1.165, 1.54) is 5.56 Å². The molecule has 0 saturated heterocycles. The fourth-order valence-electron chi connectivity index (χ4n) is 2.83. The molecule has 1 N–H and O–H groups in total. The van der Waals surface area contributed by atoms with E-state index in [-0.39, 0.29) is 5.91 Å². The fourth-order valence-corrected chi connectivity index (χ4v) is 2.95. The highest BCUT2D eigenvalue weighted by Gasteiger charge is 2.10. The lowest BCUT2D eigenvalue weighted by molar-refractivity contribution is -0.116. The summed E-state index contributed by atoms with van der Waals surface area (Å²) in [5, 5.41) is 3.58. The van der Waals surface area contributed by atoms with Crippen molar-refractivity contribution in [3.05, 3.63) is 88.6 Å². The predicted octanol–water partition coefficient (Wildman–Crippen LogP) is 5.58. The number of anilines is 1. The minimum Gasteiger partial charge on any atom is -0.485 e. The Morgan fingerprint density at radius 1 is 1.07 bits per heavy atom. The molecule has 3 rings (SSSR count). The molecule has 144 valence electrons. The zero-order valence-electron chi connectivity index (χ0n) is 15.8. The van der Waals surface area contributed by atoms with Crippen LogP contribution in [0.5, 0.6) is 5.75 Å². The predicted molar refractivity (Wildman–Crippen MR) is 113 cm³/mol. The van der Waals surface area contributed by atoms with Crippen molar-refractivity contribution in [2.45, 2.75) is 32.8 Å². The van der Waals surface area contributed by atoms with Crippen molar-refractivity contribution in [1.82, 2.24) is 4.98 Å². The van der Waals surface area contributed by atoms with Gasteiger partial charge in [-0.3, -0.25) is 4.79 Å². The number of aromatic nitrogens is 1. The quantitative estimate of drug-likeness (QED) is 0.542. The average Bonchev–Trinajstić information content (AvgIpc) is 2.70. The molecule has 28 heavy (non-hydrogen) atoms. The second-order valence-corrected chi connectivity index (χ2v) is 7.03. The van der Waals surface area contributed by atoms with Crippen LogP contribution in [0.15, 0.2) is 66.9 Å². The van der Waals surface area contributed by atoms with Gasteiger partial charge in [0.1, 0.15) is 6.61 Å². The molecule has 0 fully saturated rings. The highest BCUT2D eigenvalue weighted by atomic mass is 35.5. The van der Waals surface area contributed by atoms with E-state index in [4.69, 9.17) is 16.3 Å². The van der Waals surface area contributed by atoms with Crippen LogP contribution in [0.3, 0.4) is 0 Å². The van der Waals surface area contributed by atoms with Crippen molar-refractivity contribution in [2.75, 3.05) is 5.32 Å². The molecule has 2 aromatic carbocycles. The number of rotatable bonds is 8. The van der Waals surface area contributed by atoms with E-state index in [9.17, 15) is 4.79 Å². The van der Waals surface area contributed by atoms with E-state index in [2.05, 4.69) is 10.3 Å². The van der Waals surface area contributed by atoms with Gasteiger partial charge < -0.3 is 10.1 Å². The van der Waals surface area contributed by atoms with Gasteiger partial charge in [-0.15, -0.1) is 0 Å². The van der Waals surface area contributed by atoms with Gasteiger partial charge in [0.15, 0.2) is 11.6 Å². The highest BCUT2D eigenvalue weighted by Crippen LogP contribution is 2.23. The summed E-state index contributed by atoms with van der Waals surface area (Å²) in [5.41, 5.74) is 3.43. The second kappa shape index (κ2) is 9.90. The molecule has 0 bridgehead atoms. The summed E-state index contributed by atoms with van der Waals surface area (Å²) < 4.78 is 5.90. The zero-order valence-corrected chi connectivity index (χ0v) is 16.6. The van der Waals surface area contributed by atoms with E-state index in [0.717, 1.165) is 29.0 Å². The van der Waals surface area contributed by atoms with Gasteiger partial charge in [-0.25, -0.2) is 4.98 Å². The standard InChI is InChI=1S/C23H23ClN2O2/c1-17-6-2-3-8-19(17)16-28-21-9-5-15-25-23(21)26-22(27)10-4-7-18-11-13-20(24)14-12-18/h2-3,5-6,8-9,11-15H,4,7,10,16H2,1H3,(H,25,26,27). The van der Waals surface area contributed by atoms with Crippen molar-refractivity contribution in [3.63, 3.8) is 0 Å². The normalized spacial score (nSPS) is 10.5. The smallest absolute Gasteiger partial charge is 0.225 e. The molecule has 1 aromatic heterocycles. The van der Waals surface area contributed by atoms with Crippen LogP contribution in [0.25, 0.3) is 0 Å². The minimum atomic E-state index is -0.0756. The fraction of sp³-hybridized carbons (Fsp3) is 0.217. The maximum Gasteiger partial charge on any atom is 0.225 e. The maximum atomic E-state index is 12.3. The number of amides is 1. The molecule has 0 aliphatic carbocycles. The van der Waals surface area contributed by atoms with Crippen LogP contribution in [-0.4, -0.2) is 10.9 Å². The number of ether oxygens (including phenoxy) is 1. The molecule has 0 aliphatic rings. The summed E-state index contributed by atoms with van der Waals surface area (Å²) in [4.78, 5) is 16.6. The summed E-state index contributed by atoms with van der Waals surface area (Å²) >= 11 is 5.89. The molecule has 1 heterocycles. The van der Waals surface area contributed by atoms with E-state index in [1.807, 2.05) is 61.5 Å². The summed E-state index contributed by atoms with van der Waals surface area (Å²) in [6.45, 7) is 2.48. The van der Waals surface area contributed by atoms with Gasteiger partial charge >= 0.3 is 0 Å². The second-order valence-electron chi connectivity index (χ2n) is 6.59. The minimum absolute atomic E-state index is 0.0756. The number of benzene rings is 2. The topological polar surface area (TPSA) is 51.2 Å². The Morgan fingerprint density at radius 3 is 2.64 bits per heavy atom. The first kappa shape index (κ1) is 19.9. The number of nitrogens with zero attached hydrogens (tertiary/aromatic N) is 1. The number of nitrogens with one attached hydrogen (secondary N) is 1. The van der Waals surface area contributed by atoms with Crippen molar-refractivity contribution in [2.24, 2.45) is 0 Å².